The number of aromatic carboxylic acids is 1. The summed E-state index contributed by atoms with van der Waals surface area (Å²) in [5, 5.41) is 12.2. The Kier molecular flexibility index (Phi) is 8.70. The molecule has 0 aromatic heterocycles. The average Bonchev–Trinajstić information content (AvgIpc) is 2.51. The van der Waals surface area contributed by atoms with Gasteiger partial charge in [-0.05, 0) is 55.5 Å². The van der Waals surface area contributed by atoms with E-state index in [0.29, 0.717) is 28.1 Å². The molecule has 0 unspecified atom stereocenters. The minimum Gasteiger partial charge on any atom is -0.478 e. The molecule has 0 atom stereocenters. The fourth-order valence-electron chi connectivity index (χ4n) is 2.06. The van der Waals surface area contributed by atoms with Crippen LogP contribution in [0.1, 0.15) is 47.9 Å². The fourth-order valence-corrected chi connectivity index (χ4v) is 3.84. The smallest absolute Gasteiger partial charge is 0.336 e. The van der Waals surface area contributed by atoms with Gasteiger partial charge in [0.15, 0.2) is 0 Å². The van der Waals surface area contributed by atoms with Gasteiger partial charge in [-0.25, -0.2) is 4.79 Å². The molecule has 0 saturated heterocycles. The summed E-state index contributed by atoms with van der Waals surface area (Å²) in [6.07, 6.45) is 0.322. The van der Waals surface area contributed by atoms with Crippen LogP contribution in [0.25, 0.3) is 0 Å². The van der Waals surface area contributed by atoms with Gasteiger partial charge in [0, 0.05) is 20.6 Å². The number of carboxylic acids is 1. The molecule has 138 valence electrons. The van der Waals surface area contributed by atoms with Crippen LogP contribution in [0.3, 0.4) is 0 Å². The molecule has 1 aromatic rings. The molecule has 6 nitrogen and oxygen atoms in total. The number of amides is 1. The van der Waals surface area contributed by atoms with Gasteiger partial charge >= 0.3 is 11.9 Å². The van der Waals surface area contributed by atoms with E-state index in [4.69, 9.17) is 4.74 Å². The highest BCUT2D eigenvalue weighted by Crippen LogP contribution is 2.20. The highest BCUT2D eigenvalue weighted by atomic mass is 127. The molecule has 2 N–H and O–H groups in total. The van der Waals surface area contributed by atoms with E-state index in [1.54, 1.807) is 19.1 Å². The normalized spacial score (nSPS) is 11.0. The zero-order valence-corrected chi connectivity index (χ0v) is 17.4. The van der Waals surface area contributed by atoms with Gasteiger partial charge in [-0.2, -0.15) is 11.8 Å². The first-order valence-electron chi connectivity index (χ1n) is 7.75. The van der Waals surface area contributed by atoms with Crippen molar-refractivity contribution in [1.82, 2.24) is 5.32 Å². The highest BCUT2D eigenvalue weighted by molar-refractivity contribution is 14.1. The van der Waals surface area contributed by atoms with Crippen molar-refractivity contribution in [2.45, 2.75) is 32.7 Å². The lowest BCUT2D eigenvalue weighted by molar-refractivity contribution is -0.142. The number of ether oxygens (including phenoxy) is 1. The van der Waals surface area contributed by atoms with Gasteiger partial charge in [0.1, 0.15) is 0 Å². The second-order valence-corrected chi connectivity index (χ2v) is 8.18. The van der Waals surface area contributed by atoms with Crippen molar-refractivity contribution in [3.63, 3.8) is 0 Å². The number of carbonyl (C=O) groups is 3. The predicted octanol–water partition coefficient (Wildman–Crippen LogP) is 3.18. The maximum atomic E-state index is 12.6. The van der Waals surface area contributed by atoms with Crippen LogP contribution >= 0.6 is 34.4 Å². The number of thioether (sulfide) groups is 1. The van der Waals surface area contributed by atoms with Gasteiger partial charge in [0.2, 0.25) is 0 Å². The molecule has 0 bridgehead atoms. The molecule has 0 fully saturated rings. The van der Waals surface area contributed by atoms with Gasteiger partial charge in [-0.3, -0.25) is 9.59 Å². The van der Waals surface area contributed by atoms with Crippen LogP contribution in [0.4, 0.5) is 0 Å². The minimum absolute atomic E-state index is 0.0184. The molecule has 8 heteroatoms. The molecule has 1 amide bonds. The summed E-state index contributed by atoms with van der Waals surface area (Å²) in [4.78, 5) is 35.2. The number of carboxylic acid groups (broad SMARTS) is 1. The van der Waals surface area contributed by atoms with Crippen molar-refractivity contribution >= 4 is 52.2 Å². The van der Waals surface area contributed by atoms with E-state index in [1.807, 2.05) is 36.4 Å². The third-order valence-corrected chi connectivity index (χ3v) is 5.46. The van der Waals surface area contributed by atoms with Crippen molar-refractivity contribution in [2.75, 3.05) is 18.1 Å². The SMILES string of the molecule is CCOC(=O)CCSCC(C)(C)NC(=O)c1c(I)cccc1C(=O)O. The number of nitrogens with one attached hydrogen (secondary N) is 1. The fraction of sp³-hybridized carbons (Fsp3) is 0.471. The van der Waals surface area contributed by atoms with Crippen molar-refractivity contribution in [3.8, 4) is 0 Å². The third-order valence-electron chi connectivity index (χ3n) is 3.14. The van der Waals surface area contributed by atoms with E-state index in [1.165, 1.54) is 17.8 Å². The highest BCUT2D eigenvalue weighted by Gasteiger charge is 2.25. The Morgan fingerprint density at radius 3 is 2.60 bits per heavy atom. The zero-order valence-electron chi connectivity index (χ0n) is 14.4. The summed E-state index contributed by atoms with van der Waals surface area (Å²) in [7, 11) is 0. The third kappa shape index (κ3) is 7.23. The number of carbonyl (C=O) groups excluding carboxylic acids is 2. The molecular formula is C17H22INO5S. The Morgan fingerprint density at radius 1 is 1.32 bits per heavy atom. The van der Waals surface area contributed by atoms with Gasteiger partial charge in [-0.1, -0.05) is 6.07 Å². The number of hydrogen-bond acceptors (Lipinski definition) is 5. The molecule has 0 heterocycles. The zero-order chi connectivity index (χ0) is 19.0. The molecule has 0 spiro atoms. The number of halogens is 1. The summed E-state index contributed by atoms with van der Waals surface area (Å²) < 4.78 is 5.45. The topological polar surface area (TPSA) is 92.7 Å². The molecule has 0 radical (unpaired) electrons. The van der Waals surface area contributed by atoms with Crippen molar-refractivity contribution in [1.29, 1.82) is 0 Å². The minimum atomic E-state index is -1.13. The van der Waals surface area contributed by atoms with Gasteiger partial charge in [0.05, 0.1) is 24.2 Å². The second-order valence-electron chi connectivity index (χ2n) is 5.91. The maximum absolute atomic E-state index is 12.6. The molecule has 0 aliphatic rings. The van der Waals surface area contributed by atoms with Crippen molar-refractivity contribution < 1.29 is 24.2 Å². The van der Waals surface area contributed by atoms with Crippen molar-refractivity contribution in [2.24, 2.45) is 0 Å². The lowest BCUT2D eigenvalue weighted by atomic mass is 10.0. The predicted molar refractivity (Wildman–Crippen MR) is 106 cm³/mol. The summed E-state index contributed by atoms with van der Waals surface area (Å²) in [5.74, 6) is -0.601. The Balaban J connectivity index is 2.67. The van der Waals surface area contributed by atoms with Gasteiger partial charge in [-0.15, -0.1) is 0 Å². The second kappa shape index (κ2) is 10.0. The van der Waals surface area contributed by atoms with E-state index < -0.39 is 17.4 Å². The van der Waals surface area contributed by atoms with Crippen LogP contribution in [0.5, 0.6) is 0 Å². The average molecular weight is 479 g/mol. The van der Waals surface area contributed by atoms with Crippen LogP contribution in [0, 0.1) is 3.57 Å². The summed E-state index contributed by atoms with van der Waals surface area (Å²) in [6.45, 7) is 5.85. The van der Waals surface area contributed by atoms with Crippen LogP contribution in [0.2, 0.25) is 0 Å². The van der Waals surface area contributed by atoms with Gasteiger partial charge in [0.25, 0.3) is 5.91 Å². The van der Waals surface area contributed by atoms with E-state index in [0.717, 1.165) is 0 Å². The van der Waals surface area contributed by atoms with E-state index in [-0.39, 0.29) is 17.1 Å². The number of benzene rings is 1. The molecular weight excluding hydrogens is 457 g/mol. The van der Waals surface area contributed by atoms with Crippen LogP contribution < -0.4 is 5.32 Å². The molecule has 0 aliphatic heterocycles. The number of rotatable bonds is 9. The number of hydrogen-bond donors (Lipinski definition) is 2. The van der Waals surface area contributed by atoms with Crippen molar-refractivity contribution in [3.05, 3.63) is 32.9 Å². The van der Waals surface area contributed by atoms with E-state index >= 15 is 0 Å². The standard InChI is InChI=1S/C17H22INO5S/c1-4-24-13(20)8-9-25-10-17(2,3)19-15(21)14-11(16(22)23)6-5-7-12(14)18/h5-7H,4,8-10H2,1-3H3,(H,19,21)(H,22,23). The maximum Gasteiger partial charge on any atom is 0.336 e. The first-order chi connectivity index (χ1) is 11.7. The van der Waals surface area contributed by atoms with Gasteiger partial charge < -0.3 is 15.2 Å². The van der Waals surface area contributed by atoms with Crippen LogP contribution in [0.15, 0.2) is 18.2 Å². The first kappa shape index (κ1) is 21.8. The van der Waals surface area contributed by atoms with Crippen LogP contribution in [-0.2, 0) is 9.53 Å². The van der Waals surface area contributed by atoms with Crippen LogP contribution in [-0.4, -0.2) is 46.6 Å². The molecule has 0 saturated carbocycles. The van der Waals surface area contributed by atoms with E-state index in [9.17, 15) is 19.5 Å². The largest absolute Gasteiger partial charge is 0.478 e. The molecule has 1 rings (SSSR count). The summed E-state index contributed by atoms with van der Waals surface area (Å²) >= 11 is 3.49. The molecule has 0 aliphatic carbocycles. The Hall–Kier alpha value is -1.29. The lowest BCUT2D eigenvalue weighted by Crippen LogP contribution is -2.46. The van der Waals surface area contributed by atoms with E-state index in [2.05, 4.69) is 5.32 Å². The molecule has 25 heavy (non-hydrogen) atoms. The monoisotopic (exact) mass is 479 g/mol. The first-order valence-corrected chi connectivity index (χ1v) is 9.99. The Labute approximate surface area is 165 Å². The Morgan fingerprint density at radius 2 is 2.00 bits per heavy atom. The number of esters is 1. The Bertz CT molecular complexity index is 648. The lowest BCUT2D eigenvalue weighted by Gasteiger charge is -2.26. The summed E-state index contributed by atoms with van der Waals surface area (Å²) in [6, 6.07) is 4.72. The molecule has 1 aromatic carbocycles. The quantitative estimate of drug-likeness (QED) is 0.321. The summed E-state index contributed by atoms with van der Waals surface area (Å²) in [5.41, 5.74) is -0.402.